The Kier molecular flexibility index (Phi) is 4.92. The summed E-state index contributed by atoms with van der Waals surface area (Å²) in [5, 5.41) is 0. The van der Waals surface area contributed by atoms with Gasteiger partial charge in [-0.1, -0.05) is 0 Å². The minimum atomic E-state index is -0.275. The highest BCUT2D eigenvalue weighted by Gasteiger charge is 2.19. The van der Waals surface area contributed by atoms with Crippen LogP contribution in [0.3, 0.4) is 0 Å². The molecule has 0 aliphatic carbocycles. The van der Waals surface area contributed by atoms with Crippen molar-refractivity contribution in [3.05, 3.63) is 29.6 Å². The third-order valence-electron chi connectivity index (χ3n) is 2.52. The maximum Gasteiger partial charge on any atom is 0.310 e. The summed E-state index contributed by atoms with van der Waals surface area (Å²) in [6.45, 7) is 4.48. The molecule has 0 fully saturated rings. The molecule has 0 saturated heterocycles. The predicted octanol–water partition coefficient (Wildman–Crippen LogP) is 1.07. The monoisotopic (exact) mass is 222 g/mol. The molecule has 0 amide bonds. The van der Waals surface area contributed by atoms with E-state index >= 15 is 0 Å². The zero-order valence-corrected chi connectivity index (χ0v) is 9.77. The smallest absolute Gasteiger partial charge is 0.310 e. The van der Waals surface area contributed by atoms with E-state index in [1.54, 1.807) is 19.3 Å². The second-order valence-electron chi connectivity index (χ2n) is 3.69. The van der Waals surface area contributed by atoms with Gasteiger partial charge < -0.3 is 10.5 Å². The number of pyridine rings is 1. The van der Waals surface area contributed by atoms with Gasteiger partial charge in [0.2, 0.25) is 0 Å². The second-order valence-corrected chi connectivity index (χ2v) is 3.69. The number of esters is 1. The average Bonchev–Trinajstić information content (AvgIpc) is 2.28. The van der Waals surface area contributed by atoms with E-state index in [-0.39, 0.29) is 11.9 Å². The van der Waals surface area contributed by atoms with E-state index in [0.29, 0.717) is 19.6 Å². The van der Waals surface area contributed by atoms with Crippen LogP contribution in [0.2, 0.25) is 0 Å². The Morgan fingerprint density at radius 2 is 2.38 bits per heavy atom. The molecular formula is C12H18N2O2. The Morgan fingerprint density at radius 3 is 2.94 bits per heavy atom. The van der Waals surface area contributed by atoms with Crippen LogP contribution in [0.1, 0.15) is 18.1 Å². The summed E-state index contributed by atoms with van der Waals surface area (Å²) in [6.07, 6.45) is 4.10. The van der Waals surface area contributed by atoms with Crippen LogP contribution < -0.4 is 5.73 Å². The first-order chi connectivity index (χ1) is 7.69. The van der Waals surface area contributed by atoms with E-state index in [1.165, 1.54) is 0 Å². The van der Waals surface area contributed by atoms with Crippen molar-refractivity contribution in [3.63, 3.8) is 0 Å². The predicted molar refractivity (Wildman–Crippen MR) is 61.9 cm³/mol. The van der Waals surface area contributed by atoms with E-state index in [4.69, 9.17) is 10.5 Å². The van der Waals surface area contributed by atoms with E-state index in [1.807, 2.05) is 13.0 Å². The number of carbonyl (C=O) groups is 1. The summed E-state index contributed by atoms with van der Waals surface area (Å²) in [7, 11) is 0. The van der Waals surface area contributed by atoms with E-state index in [0.717, 1.165) is 11.1 Å². The molecule has 1 heterocycles. The Labute approximate surface area is 95.8 Å². The summed E-state index contributed by atoms with van der Waals surface area (Å²) in [4.78, 5) is 15.6. The van der Waals surface area contributed by atoms with Crippen LogP contribution in [0.15, 0.2) is 18.5 Å². The summed E-state index contributed by atoms with van der Waals surface area (Å²) in [5.41, 5.74) is 7.75. The number of aryl methyl sites for hydroxylation is 1. The Morgan fingerprint density at radius 1 is 1.62 bits per heavy atom. The van der Waals surface area contributed by atoms with Gasteiger partial charge in [0.15, 0.2) is 0 Å². The molecule has 1 aromatic heterocycles. The molecule has 0 aliphatic rings. The summed E-state index contributed by atoms with van der Waals surface area (Å²) >= 11 is 0. The van der Waals surface area contributed by atoms with Crippen LogP contribution in [-0.2, 0) is 16.0 Å². The number of nitrogens with two attached hydrogens (primary N) is 1. The molecule has 16 heavy (non-hydrogen) atoms. The van der Waals surface area contributed by atoms with Crippen LogP contribution in [0.5, 0.6) is 0 Å². The van der Waals surface area contributed by atoms with Gasteiger partial charge in [-0.2, -0.15) is 0 Å². The highest BCUT2D eigenvalue weighted by atomic mass is 16.5. The number of hydrogen-bond acceptors (Lipinski definition) is 4. The van der Waals surface area contributed by atoms with Crippen LogP contribution in [0.25, 0.3) is 0 Å². The zero-order chi connectivity index (χ0) is 12.0. The third kappa shape index (κ3) is 3.31. The fraction of sp³-hybridized carbons (Fsp3) is 0.500. The Balaban J connectivity index is 2.70. The lowest BCUT2D eigenvalue weighted by atomic mass is 9.98. The Bertz CT molecular complexity index is 353. The maximum atomic E-state index is 11.6. The van der Waals surface area contributed by atoms with Crippen molar-refractivity contribution in [1.82, 2.24) is 4.98 Å². The summed E-state index contributed by atoms with van der Waals surface area (Å²) in [6, 6.07) is 1.92. The van der Waals surface area contributed by atoms with Crippen molar-refractivity contribution in [3.8, 4) is 0 Å². The van der Waals surface area contributed by atoms with Crippen LogP contribution in [0, 0.1) is 12.8 Å². The molecule has 0 bridgehead atoms. The van der Waals surface area contributed by atoms with Crippen LogP contribution in [-0.4, -0.2) is 24.1 Å². The lowest BCUT2D eigenvalue weighted by Crippen LogP contribution is -2.28. The molecule has 0 spiro atoms. The molecule has 4 heteroatoms. The van der Waals surface area contributed by atoms with Crippen LogP contribution >= 0.6 is 0 Å². The molecule has 4 nitrogen and oxygen atoms in total. The first-order valence-electron chi connectivity index (χ1n) is 5.45. The van der Waals surface area contributed by atoms with Gasteiger partial charge in [0.25, 0.3) is 0 Å². The number of nitrogens with zero attached hydrogens (tertiary/aromatic N) is 1. The molecule has 0 aromatic carbocycles. The first-order valence-corrected chi connectivity index (χ1v) is 5.45. The van der Waals surface area contributed by atoms with E-state index in [9.17, 15) is 4.79 Å². The van der Waals surface area contributed by atoms with Gasteiger partial charge in [-0.15, -0.1) is 0 Å². The van der Waals surface area contributed by atoms with E-state index in [2.05, 4.69) is 4.98 Å². The normalized spacial score (nSPS) is 12.2. The van der Waals surface area contributed by atoms with Gasteiger partial charge in [-0.25, -0.2) is 0 Å². The van der Waals surface area contributed by atoms with Gasteiger partial charge in [-0.3, -0.25) is 9.78 Å². The third-order valence-corrected chi connectivity index (χ3v) is 2.52. The largest absolute Gasteiger partial charge is 0.466 e. The van der Waals surface area contributed by atoms with Gasteiger partial charge >= 0.3 is 5.97 Å². The highest BCUT2D eigenvalue weighted by Crippen LogP contribution is 2.12. The highest BCUT2D eigenvalue weighted by molar-refractivity contribution is 5.73. The van der Waals surface area contributed by atoms with Crippen molar-refractivity contribution >= 4 is 5.97 Å². The fourth-order valence-corrected chi connectivity index (χ4v) is 1.50. The van der Waals surface area contributed by atoms with Crippen molar-refractivity contribution < 1.29 is 9.53 Å². The minimum absolute atomic E-state index is 0.228. The number of rotatable bonds is 5. The second kappa shape index (κ2) is 6.23. The molecule has 0 radical (unpaired) electrons. The Hall–Kier alpha value is -1.42. The average molecular weight is 222 g/mol. The number of carbonyl (C=O) groups excluding carboxylic acids is 1. The molecule has 1 aromatic rings. The summed E-state index contributed by atoms with van der Waals surface area (Å²) < 4.78 is 4.97. The topological polar surface area (TPSA) is 65.2 Å². The van der Waals surface area contributed by atoms with Crippen LogP contribution in [0.4, 0.5) is 0 Å². The lowest BCUT2D eigenvalue weighted by Gasteiger charge is -2.14. The maximum absolute atomic E-state index is 11.6. The minimum Gasteiger partial charge on any atom is -0.466 e. The number of aromatic nitrogens is 1. The number of ether oxygens (including phenoxy) is 1. The summed E-state index contributed by atoms with van der Waals surface area (Å²) in [5.74, 6) is -0.504. The SMILES string of the molecule is CCOC(=O)C(CN)Cc1cnccc1C. The molecule has 2 N–H and O–H groups in total. The van der Waals surface area contributed by atoms with Gasteiger partial charge in [0.05, 0.1) is 12.5 Å². The quantitative estimate of drug-likeness (QED) is 0.757. The van der Waals surface area contributed by atoms with E-state index < -0.39 is 0 Å². The van der Waals surface area contributed by atoms with Gasteiger partial charge in [0.1, 0.15) is 0 Å². The lowest BCUT2D eigenvalue weighted by molar-refractivity contribution is -0.147. The zero-order valence-electron chi connectivity index (χ0n) is 9.77. The molecule has 0 aliphatic heterocycles. The van der Waals surface area contributed by atoms with Gasteiger partial charge in [0, 0.05) is 18.9 Å². The molecule has 88 valence electrons. The number of hydrogen-bond donors (Lipinski definition) is 1. The van der Waals surface area contributed by atoms with Gasteiger partial charge in [-0.05, 0) is 37.5 Å². The van der Waals surface area contributed by atoms with Crippen molar-refractivity contribution in [2.24, 2.45) is 11.7 Å². The fourth-order valence-electron chi connectivity index (χ4n) is 1.50. The molecule has 1 rings (SSSR count). The van der Waals surface area contributed by atoms with Crippen molar-refractivity contribution in [2.45, 2.75) is 20.3 Å². The standard InChI is InChI=1S/C12H18N2O2/c1-3-16-12(15)10(7-13)6-11-8-14-5-4-9(11)2/h4-5,8,10H,3,6-7,13H2,1-2H3. The molecule has 1 atom stereocenters. The molecule has 0 saturated carbocycles. The molecule has 1 unspecified atom stereocenters. The van der Waals surface area contributed by atoms with Crippen molar-refractivity contribution in [1.29, 1.82) is 0 Å². The first kappa shape index (κ1) is 12.6. The molecular weight excluding hydrogens is 204 g/mol. The van der Waals surface area contributed by atoms with Crippen molar-refractivity contribution in [2.75, 3.05) is 13.2 Å².